The van der Waals surface area contributed by atoms with E-state index in [2.05, 4.69) is 24.3 Å². The molecule has 1 aromatic carbocycles. The smallest absolute Gasteiger partial charge is 0.269 e. The zero-order valence-corrected chi connectivity index (χ0v) is 15.2. The van der Waals surface area contributed by atoms with E-state index in [0.29, 0.717) is 12.1 Å². The maximum atomic E-state index is 12.7. The summed E-state index contributed by atoms with van der Waals surface area (Å²) in [5.74, 6) is -0.176. The second-order valence-electron chi connectivity index (χ2n) is 6.96. The molecule has 3 rings (SSSR count). The third-order valence-electron chi connectivity index (χ3n) is 5.25. The van der Waals surface area contributed by atoms with Crippen LogP contribution in [0.5, 0.6) is 0 Å². The highest BCUT2D eigenvalue weighted by Crippen LogP contribution is 2.36. The SMILES string of the molecule is CCC(CC)n1nc(C)cc1C(=O)NCC1(O)CCc2ccccc21. The van der Waals surface area contributed by atoms with Gasteiger partial charge in [0.2, 0.25) is 0 Å². The number of rotatable bonds is 6. The second kappa shape index (κ2) is 7.00. The van der Waals surface area contributed by atoms with Crippen LogP contribution in [0, 0.1) is 6.92 Å². The highest BCUT2D eigenvalue weighted by atomic mass is 16.3. The normalized spacial score (nSPS) is 19.2. The molecule has 1 amide bonds. The number of benzene rings is 1. The summed E-state index contributed by atoms with van der Waals surface area (Å²) in [4.78, 5) is 12.7. The number of nitrogens with zero attached hydrogens (tertiary/aromatic N) is 2. The lowest BCUT2D eigenvalue weighted by Crippen LogP contribution is -2.40. The molecule has 1 aliphatic rings. The van der Waals surface area contributed by atoms with Gasteiger partial charge in [0, 0.05) is 0 Å². The molecule has 0 radical (unpaired) electrons. The van der Waals surface area contributed by atoms with Gasteiger partial charge in [-0.1, -0.05) is 38.1 Å². The van der Waals surface area contributed by atoms with Gasteiger partial charge in [-0.3, -0.25) is 9.48 Å². The van der Waals surface area contributed by atoms with Crippen molar-refractivity contribution in [2.24, 2.45) is 0 Å². The molecule has 1 unspecified atom stereocenters. The molecule has 0 spiro atoms. The van der Waals surface area contributed by atoms with Crippen LogP contribution in [0.4, 0.5) is 0 Å². The maximum absolute atomic E-state index is 12.7. The summed E-state index contributed by atoms with van der Waals surface area (Å²) in [6.07, 6.45) is 3.33. The van der Waals surface area contributed by atoms with Crippen molar-refractivity contribution in [1.29, 1.82) is 0 Å². The number of carbonyl (C=O) groups excluding carboxylic acids is 1. The van der Waals surface area contributed by atoms with Gasteiger partial charge in [0.15, 0.2) is 0 Å². The van der Waals surface area contributed by atoms with Gasteiger partial charge in [0.25, 0.3) is 5.91 Å². The molecule has 0 bridgehead atoms. The second-order valence-corrected chi connectivity index (χ2v) is 6.96. The van der Waals surface area contributed by atoms with E-state index in [1.54, 1.807) is 0 Å². The number of hydrogen-bond acceptors (Lipinski definition) is 3. The van der Waals surface area contributed by atoms with E-state index in [9.17, 15) is 9.90 Å². The van der Waals surface area contributed by atoms with Crippen LogP contribution in [-0.4, -0.2) is 27.3 Å². The van der Waals surface area contributed by atoms with Crippen molar-refractivity contribution in [3.8, 4) is 0 Å². The van der Waals surface area contributed by atoms with Gasteiger partial charge in [0.1, 0.15) is 11.3 Å². The highest BCUT2D eigenvalue weighted by Gasteiger charge is 2.36. The first-order chi connectivity index (χ1) is 12.0. The molecule has 1 aliphatic carbocycles. The quantitative estimate of drug-likeness (QED) is 0.848. The first-order valence-electron chi connectivity index (χ1n) is 9.13. The van der Waals surface area contributed by atoms with Crippen LogP contribution in [0.2, 0.25) is 0 Å². The molecule has 1 atom stereocenters. The number of amides is 1. The van der Waals surface area contributed by atoms with Gasteiger partial charge in [-0.25, -0.2) is 0 Å². The van der Waals surface area contributed by atoms with Crippen molar-refractivity contribution in [2.75, 3.05) is 6.54 Å². The summed E-state index contributed by atoms with van der Waals surface area (Å²) in [6.45, 7) is 6.32. The average Bonchev–Trinajstić information content (AvgIpc) is 3.16. The molecule has 0 aliphatic heterocycles. The zero-order chi connectivity index (χ0) is 18.0. The molecule has 2 aromatic rings. The van der Waals surface area contributed by atoms with E-state index >= 15 is 0 Å². The van der Waals surface area contributed by atoms with Crippen LogP contribution in [0.3, 0.4) is 0 Å². The number of aryl methyl sites for hydroxylation is 2. The Morgan fingerprint density at radius 1 is 1.36 bits per heavy atom. The lowest BCUT2D eigenvalue weighted by Gasteiger charge is -2.25. The van der Waals surface area contributed by atoms with Crippen molar-refractivity contribution >= 4 is 5.91 Å². The molecule has 5 heteroatoms. The van der Waals surface area contributed by atoms with Gasteiger partial charge in [-0.15, -0.1) is 0 Å². The summed E-state index contributed by atoms with van der Waals surface area (Å²) >= 11 is 0. The zero-order valence-electron chi connectivity index (χ0n) is 15.2. The molecule has 25 heavy (non-hydrogen) atoms. The standard InChI is InChI=1S/C20H27N3O2/c1-4-16(5-2)23-18(12-14(3)22-23)19(24)21-13-20(25)11-10-15-8-6-7-9-17(15)20/h6-9,12,16,25H,4-5,10-11,13H2,1-3H3,(H,21,24). The molecule has 0 fully saturated rings. The topological polar surface area (TPSA) is 67.2 Å². The summed E-state index contributed by atoms with van der Waals surface area (Å²) < 4.78 is 1.83. The summed E-state index contributed by atoms with van der Waals surface area (Å²) in [5.41, 5.74) is 2.52. The van der Waals surface area contributed by atoms with Gasteiger partial charge in [-0.05, 0) is 49.8 Å². The molecular weight excluding hydrogens is 314 g/mol. The van der Waals surface area contributed by atoms with Crippen molar-refractivity contribution in [3.05, 3.63) is 52.8 Å². The molecule has 2 N–H and O–H groups in total. The Balaban J connectivity index is 1.76. The average molecular weight is 341 g/mol. The van der Waals surface area contributed by atoms with E-state index in [4.69, 9.17) is 0 Å². The van der Waals surface area contributed by atoms with Gasteiger partial charge in [-0.2, -0.15) is 5.10 Å². The minimum Gasteiger partial charge on any atom is -0.383 e. The third kappa shape index (κ3) is 3.33. The molecular formula is C20H27N3O2. The van der Waals surface area contributed by atoms with Crippen LogP contribution >= 0.6 is 0 Å². The van der Waals surface area contributed by atoms with Crippen molar-refractivity contribution in [3.63, 3.8) is 0 Å². The van der Waals surface area contributed by atoms with Crippen molar-refractivity contribution < 1.29 is 9.90 Å². The Labute approximate surface area is 149 Å². The Kier molecular flexibility index (Phi) is 4.95. The van der Waals surface area contributed by atoms with E-state index < -0.39 is 5.60 Å². The number of aromatic nitrogens is 2. The summed E-state index contributed by atoms with van der Waals surface area (Å²) in [6, 6.07) is 9.95. The Morgan fingerprint density at radius 3 is 2.80 bits per heavy atom. The largest absolute Gasteiger partial charge is 0.383 e. The fourth-order valence-corrected chi connectivity index (χ4v) is 3.77. The van der Waals surface area contributed by atoms with Crippen LogP contribution in [-0.2, 0) is 12.0 Å². The van der Waals surface area contributed by atoms with Crippen molar-refractivity contribution in [2.45, 2.75) is 58.1 Å². The van der Waals surface area contributed by atoms with E-state index in [1.165, 1.54) is 0 Å². The predicted molar refractivity (Wildman–Crippen MR) is 97.6 cm³/mol. The van der Waals surface area contributed by atoms with E-state index in [1.807, 2.05) is 41.9 Å². The minimum atomic E-state index is -0.985. The minimum absolute atomic E-state index is 0.176. The number of aliphatic hydroxyl groups is 1. The maximum Gasteiger partial charge on any atom is 0.269 e. The fraction of sp³-hybridized carbons (Fsp3) is 0.500. The number of fused-ring (bicyclic) bond motifs is 1. The van der Waals surface area contributed by atoms with Crippen LogP contribution in [0.25, 0.3) is 0 Å². The van der Waals surface area contributed by atoms with Crippen LogP contribution in [0.1, 0.15) is 66.5 Å². The van der Waals surface area contributed by atoms with Gasteiger partial charge < -0.3 is 10.4 Å². The molecule has 1 aromatic heterocycles. The third-order valence-corrected chi connectivity index (χ3v) is 5.25. The van der Waals surface area contributed by atoms with Gasteiger partial charge >= 0.3 is 0 Å². The predicted octanol–water partition coefficient (Wildman–Crippen LogP) is 3.12. The first kappa shape index (κ1) is 17.7. The van der Waals surface area contributed by atoms with Crippen LogP contribution < -0.4 is 5.32 Å². The van der Waals surface area contributed by atoms with Crippen molar-refractivity contribution in [1.82, 2.24) is 15.1 Å². The monoisotopic (exact) mass is 341 g/mol. The molecule has 5 nitrogen and oxygen atoms in total. The number of carbonyl (C=O) groups is 1. The Bertz CT molecular complexity index is 764. The van der Waals surface area contributed by atoms with Gasteiger partial charge in [0.05, 0.1) is 18.3 Å². The first-order valence-corrected chi connectivity index (χ1v) is 9.13. The molecule has 0 saturated carbocycles. The molecule has 1 heterocycles. The fourth-order valence-electron chi connectivity index (χ4n) is 3.77. The molecule has 134 valence electrons. The molecule has 0 saturated heterocycles. The van der Waals surface area contributed by atoms with E-state index in [0.717, 1.165) is 36.1 Å². The van der Waals surface area contributed by atoms with Crippen LogP contribution in [0.15, 0.2) is 30.3 Å². The highest BCUT2D eigenvalue weighted by molar-refractivity contribution is 5.92. The lowest BCUT2D eigenvalue weighted by atomic mass is 9.96. The summed E-state index contributed by atoms with van der Waals surface area (Å²) in [5, 5.41) is 18.4. The Morgan fingerprint density at radius 2 is 2.08 bits per heavy atom. The number of hydrogen-bond donors (Lipinski definition) is 2. The lowest BCUT2D eigenvalue weighted by molar-refractivity contribution is 0.0367. The Hall–Kier alpha value is -2.14. The summed E-state index contributed by atoms with van der Waals surface area (Å²) in [7, 11) is 0. The van der Waals surface area contributed by atoms with E-state index in [-0.39, 0.29) is 18.5 Å². The number of nitrogens with one attached hydrogen (secondary N) is 1.